The highest BCUT2D eigenvalue weighted by molar-refractivity contribution is 7.15. The molecule has 66 valence electrons. The molecule has 1 atom stereocenters. The van der Waals surface area contributed by atoms with Crippen molar-refractivity contribution in [1.82, 2.24) is 0 Å². The lowest BCUT2D eigenvalue weighted by Crippen LogP contribution is -2.03. The number of rotatable bonds is 3. The van der Waals surface area contributed by atoms with Crippen molar-refractivity contribution in [3.8, 4) is 0 Å². The first-order valence-electron chi connectivity index (χ1n) is 3.25. The summed E-state index contributed by atoms with van der Waals surface area (Å²) >= 11 is 1.07. The SMILES string of the molecule is CC(ON)c1ccc([N+](=O)[O-])s1. The van der Waals surface area contributed by atoms with E-state index in [1.54, 1.807) is 13.0 Å². The van der Waals surface area contributed by atoms with Crippen molar-refractivity contribution in [3.05, 3.63) is 27.1 Å². The first kappa shape index (κ1) is 9.11. The third-order valence-corrected chi connectivity index (χ3v) is 2.60. The van der Waals surface area contributed by atoms with Crippen LogP contribution in [0.25, 0.3) is 0 Å². The van der Waals surface area contributed by atoms with E-state index in [4.69, 9.17) is 5.90 Å². The van der Waals surface area contributed by atoms with E-state index in [9.17, 15) is 10.1 Å². The van der Waals surface area contributed by atoms with Gasteiger partial charge in [0.25, 0.3) is 0 Å². The van der Waals surface area contributed by atoms with Crippen molar-refractivity contribution in [3.63, 3.8) is 0 Å². The van der Waals surface area contributed by atoms with Gasteiger partial charge in [0.15, 0.2) is 0 Å². The zero-order valence-electron chi connectivity index (χ0n) is 6.39. The van der Waals surface area contributed by atoms with Crippen LogP contribution in [0, 0.1) is 10.1 Å². The van der Waals surface area contributed by atoms with Gasteiger partial charge >= 0.3 is 5.00 Å². The fourth-order valence-electron chi connectivity index (χ4n) is 0.726. The van der Waals surface area contributed by atoms with Crippen molar-refractivity contribution >= 4 is 16.3 Å². The quantitative estimate of drug-likeness (QED) is 0.577. The van der Waals surface area contributed by atoms with Crippen LogP contribution in [0.15, 0.2) is 12.1 Å². The maximum absolute atomic E-state index is 10.3. The highest BCUT2D eigenvalue weighted by atomic mass is 32.1. The lowest BCUT2D eigenvalue weighted by atomic mass is 10.3. The van der Waals surface area contributed by atoms with E-state index < -0.39 is 4.92 Å². The average molecular weight is 188 g/mol. The highest BCUT2D eigenvalue weighted by Gasteiger charge is 2.13. The second kappa shape index (κ2) is 3.61. The van der Waals surface area contributed by atoms with Gasteiger partial charge in [-0.2, -0.15) is 0 Å². The number of hydrogen-bond acceptors (Lipinski definition) is 5. The van der Waals surface area contributed by atoms with E-state index in [1.165, 1.54) is 6.07 Å². The Kier molecular flexibility index (Phi) is 2.74. The van der Waals surface area contributed by atoms with Gasteiger partial charge in [0, 0.05) is 10.9 Å². The van der Waals surface area contributed by atoms with Crippen LogP contribution in [-0.4, -0.2) is 4.92 Å². The van der Waals surface area contributed by atoms with Crippen molar-refractivity contribution in [1.29, 1.82) is 0 Å². The molecule has 0 saturated carbocycles. The second-order valence-electron chi connectivity index (χ2n) is 2.21. The van der Waals surface area contributed by atoms with Crippen LogP contribution in [-0.2, 0) is 4.84 Å². The number of thiophene rings is 1. The molecule has 0 fully saturated rings. The molecule has 5 nitrogen and oxygen atoms in total. The third-order valence-electron chi connectivity index (χ3n) is 1.40. The monoisotopic (exact) mass is 188 g/mol. The molecule has 1 aromatic rings. The lowest BCUT2D eigenvalue weighted by Gasteiger charge is -2.02. The Bertz CT molecular complexity index is 286. The molecule has 0 aliphatic heterocycles. The summed E-state index contributed by atoms with van der Waals surface area (Å²) in [5.41, 5.74) is 0. The number of hydrogen-bond donors (Lipinski definition) is 1. The molecule has 0 aliphatic rings. The highest BCUT2D eigenvalue weighted by Crippen LogP contribution is 2.29. The predicted molar refractivity (Wildman–Crippen MR) is 44.7 cm³/mol. The summed E-state index contributed by atoms with van der Waals surface area (Å²) in [4.78, 5) is 15.1. The summed E-state index contributed by atoms with van der Waals surface area (Å²) in [6.45, 7) is 1.73. The second-order valence-corrected chi connectivity index (χ2v) is 3.31. The topological polar surface area (TPSA) is 78.4 Å². The minimum atomic E-state index is -0.433. The molecule has 0 saturated heterocycles. The molecule has 6 heteroatoms. The van der Waals surface area contributed by atoms with E-state index in [0.717, 1.165) is 16.2 Å². The van der Waals surface area contributed by atoms with Crippen LogP contribution in [0.5, 0.6) is 0 Å². The van der Waals surface area contributed by atoms with Gasteiger partial charge in [-0.25, -0.2) is 5.90 Å². The van der Waals surface area contributed by atoms with E-state index in [2.05, 4.69) is 4.84 Å². The smallest absolute Gasteiger partial charge is 0.296 e. The summed E-state index contributed by atoms with van der Waals surface area (Å²) in [6, 6.07) is 3.08. The summed E-state index contributed by atoms with van der Waals surface area (Å²) < 4.78 is 0. The Balaban J connectivity index is 2.84. The summed E-state index contributed by atoms with van der Waals surface area (Å²) in [7, 11) is 0. The van der Waals surface area contributed by atoms with Crippen LogP contribution in [0.4, 0.5) is 5.00 Å². The van der Waals surface area contributed by atoms with Gasteiger partial charge in [-0.15, -0.1) is 0 Å². The molecule has 0 spiro atoms. The van der Waals surface area contributed by atoms with Crippen LogP contribution in [0.1, 0.15) is 17.9 Å². The molecule has 1 aromatic heterocycles. The Morgan fingerprint density at radius 1 is 1.75 bits per heavy atom. The molecule has 1 heterocycles. The van der Waals surface area contributed by atoms with Gasteiger partial charge in [-0.1, -0.05) is 11.3 Å². The van der Waals surface area contributed by atoms with Gasteiger partial charge in [0.05, 0.1) is 4.92 Å². The standard InChI is InChI=1S/C6H8N2O3S/c1-4(11-7)5-2-3-6(12-5)8(9)10/h2-4H,7H2,1H3. The van der Waals surface area contributed by atoms with Gasteiger partial charge in [0.1, 0.15) is 6.10 Å². The summed E-state index contributed by atoms with van der Waals surface area (Å²) in [5.74, 6) is 4.93. The molecule has 12 heavy (non-hydrogen) atoms. The van der Waals surface area contributed by atoms with E-state index in [1.807, 2.05) is 0 Å². The summed E-state index contributed by atoms with van der Waals surface area (Å²) in [6.07, 6.45) is -0.288. The molecule has 0 bridgehead atoms. The first-order valence-corrected chi connectivity index (χ1v) is 4.06. The number of nitro groups is 1. The molecule has 0 radical (unpaired) electrons. The minimum Gasteiger partial charge on any atom is -0.296 e. The fraction of sp³-hybridized carbons (Fsp3) is 0.333. The minimum absolute atomic E-state index is 0.105. The van der Waals surface area contributed by atoms with Crippen molar-refractivity contribution in [2.24, 2.45) is 5.90 Å². The van der Waals surface area contributed by atoms with Gasteiger partial charge in [-0.05, 0) is 13.0 Å². The fourth-order valence-corrected chi connectivity index (χ4v) is 1.54. The van der Waals surface area contributed by atoms with Crippen LogP contribution >= 0.6 is 11.3 Å². The molecule has 0 aromatic carbocycles. The number of nitrogens with two attached hydrogens (primary N) is 1. The Hall–Kier alpha value is -0.980. The van der Waals surface area contributed by atoms with Crippen LogP contribution in [0.3, 0.4) is 0 Å². The van der Waals surface area contributed by atoms with Crippen molar-refractivity contribution in [2.45, 2.75) is 13.0 Å². The molecular weight excluding hydrogens is 180 g/mol. The molecule has 0 aliphatic carbocycles. The zero-order chi connectivity index (χ0) is 9.14. The third kappa shape index (κ3) is 1.79. The van der Waals surface area contributed by atoms with Crippen LogP contribution < -0.4 is 5.90 Å². The van der Waals surface area contributed by atoms with Gasteiger partial charge < -0.3 is 0 Å². The molecule has 0 amide bonds. The molecular formula is C6H8N2O3S. The average Bonchev–Trinajstić information content (AvgIpc) is 2.51. The Labute approximate surface area is 72.9 Å². The zero-order valence-corrected chi connectivity index (χ0v) is 7.21. The first-order chi connectivity index (χ1) is 5.65. The normalized spacial score (nSPS) is 12.8. The maximum Gasteiger partial charge on any atom is 0.324 e. The van der Waals surface area contributed by atoms with E-state index in [-0.39, 0.29) is 11.1 Å². The van der Waals surface area contributed by atoms with Crippen LogP contribution in [0.2, 0.25) is 0 Å². The Morgan fingerprint density at radius 3 is 2.83 bits per heavy atom. The lowest BCUT2D eigenvalue weighted by molar-refractivity contribution is -0.380. The summed E-state index contributed by atoms with van der Waals surface area (Å²) in [5, 5.41) is 10.4. The van der Waals surface area contributed by atoms with Crippen molar-refractivity contribution in [2.75, 3.05) is 0 Å². The van der Waals surface area contributed by atoms with E-state index >= 15 is 0 Å². The molecule has 1 unspecified atom stereocenters. The van der Waals surface area contributed by atoms with Gasteiger partial charge in [-0.3, -0.25) is 15.0 Å². The van der Waals surface area contributed by atoms with E-state index in [0.29, 0.717) is 0 Å². The Morgan fingerprint density at radius 2 is 2.42 bits per heavy atom. The predicted octanol–water partition coefficient (Wildman–Crippen LogP) is 1.61. The molecule has 1 rings (SSSR count). The maximum atomic E-state index is 10.3. The number of nitrogens with zero attached hydrogens (tertiary/aromatic N) is 1. The largest absolute Gasteiger partial charge is 0.324 e. The van der Waals surface area contributed by atoms with Crippen molar-refractivity contribution < 1.29 is 9.76 Å². The van der Waals surface area contributed by atoms with Gasteiger partial charge in [0.2, 0.25) is 0 Å². The molecule has 2 N–H and O–H groups in total.